The Labute approximate surface area is 194 Å². The van der Waals surface area contributed by atoms with Crippen LogP contribution in [-0.2, 0) is 9.59 Å². The molecule has 1 aromatic carbocycles. The molecule has 6 nitrogen and oxygen atoms in total. The van der Waals surface area contributed by atoms with Crippen molar-refractivity contribution in [3.63, 3.8) is 0 Å². The number of carbonyl (C=O) groups is 2. The minimum atomic E-state index is -0.843. The average molecular weight is 460 g/mol. The number of amides is 2. The maximum Gasteiger partial charge on any atom is 0.233 e. The molecule has 0 saturated carbocycles. The number of phenols is 1. The Morgan fingerprint density at radius 2 is 2.00 bits per heavy atom. The fraction of sp³-hybridized carbons (Fsp3) is 0.538. The molecule has 4 atom stereocenters. The lowest BCUT2D eigenvalue weighted by molar-refractivity contribution is -0.138. The summed E-state index contributed by atoms with van der Waals surface area (Å²) in [6.07, 6.45) is 4.67. The van der Waals surface area contributed by atoms with Gasteiger partial charge in [-0.25, -0.2) is 4.39 Å². The molecule has 0 aromatic heterocycles. The normalized spacial score (nSPS) is 24.5. The Morgan fingerprint density at radius 1 is 1.27 bits per heavy atom. The van der Waals surface area contributed by atoms with E-state index in [4.69, 9.17) is 0 Å². The zero-order valence-electron chi connectivity index (χ0n) is 19.6. The molecule has 0 spiro atoms. The van der Waals surface area contributed by atoms with Crippen molar-refractivity contribution in [2.75, 3.05) is 13.7 Å². The summed E-state index contributed by atoms with van der Waals surface area (Å²) in [5, 5.41) is 30.8. The first-order valence-electron chi connectivity index (χ1n) is 11.7. The number of aliphatic hydroxyl groups excluding tert-OH is 2. The van der Waals surface area contributed by atoms with E-state index in [1.54, 1.807) is 6.07 Å². The Kier molecular flexibility index (Phi) is 8.08. The van der Waals surface area contributed by atoms with E-state index in [-0.39, 0.29) is 18.4 Å². The second kappa shape index (κ2) is 10.6. The maximum atomic E-state index is 13.7. The first-order chi connectivity index (χ1) is 15.7. The second-order valence-electron chi connectivity index (χ2n) is 9.09. The summed E-state index contributed by atoms with van der Waals surface area (Å²) in [6, 6.07) is 4.21. The molecule has 3 rings (SSSR count). The molecule has 1 saturated heterocycles. The number of imide groups is 1. The third-order valence-corrected chi connectivity index (χ3v) is 7.05. The molecule has 0 bridgehead atoms. The highest BCUT2D eigenvalue weighted by atomic mass is 19.1. The van der Waals surface area contributed by atoms with Crippen LogP contribution in [0, 0.1) is 23.6 Å². The molecule has 1 heterocycles. The van der Waals surface area contributed by atoms with Crippen molar-refractivity contribution in [3.8, 4) is 5.75 Å². The van der Waals surface area contributed by atoms with E-state index in [0.29, 0.717) is 43.2 Å². The lowest BCUT2D eigenvalue weighted by Crippen LogP contribution is -2.39. The number of hydrogen-bond acceptors (Lipinski definition) is 5. The molecule has 1 aliphatic carbocycles. The van der Waals surface area contributed by atoms with E-state index in [0.717, 1.165) is 22.5 Å². The van der Waals surface area contributed by atoms with Gasteiger partial charge < -0.3 is 15.3 Å². The first kappa shape index (κ1) is 25.1. The number of allylic oxidation sites excluding steroid dienone is 2. The van der Waals surface area contributed by atoms with Crippen molar-refractivity contribution in [1.82, 2.24) is 4.90 Å². The topological polar surface area (TPSA) is 98.1 Å². The van der Waals surface area contributed by atoms with E-state index in [2.05, 4.69) is 0 Å². The fourth-order valence-corrected chi connectivity index (χ4v) is 5.33. The van der Waals surface area contributed by atoms with Crippen LogP contribution in [0.25, 0.3) is 6.08 Å². The number of hydrogen-bond donors (Lipinski definition) is 3. The standard InChI is InChI=1S/C26H34FNO5/c1-4-6-17-13-18-24(26(33)28(3)25(18)32)19(14-29)23(17)22(31)10-7-15(5-2)11-16-8-9-21(30)20(27)12-16/h8-9,11-12,18-19,22,24,29-31H,4-7,10,13-14H2,1-3H3/b15-11+/t18-,19+,22-,24-/m1/s1. The van der Waals surface area contributed by atoms with Crippen LogP contribution in [0.1, 0.15) is 57.9 Å². The highest BCUT2D eigenvalue weighted by molar-refractivity contribution is 6.05. The van der Waals surface area contributed by atoms with E-state index in [1.807, 2.05) is 19.9 Å². The van der Waals surface area contributed by atoms with Gasteiger partial charge in [-0.2, -0.15) is 0 Å². The van der Waals surface area contributed by atoms with E-state index >= 15 is 0 Å². The van der Waals surface area contributed by atoms with Gasteiger partial charge in [-0.3, -0.25) is 14.5 Å². The molecular weight excluding hydrogens is 425 g/mol. The molecular formula is C26H34FNO5. The number of aliphatic hydroxyl groups is 2. The second-order valence-corrected chi connectivity index (χ2v) is 9.09. The Bertz CT molecular complexity index is 969. The predicted octanol–water partition coefficient (Wildman–Crippen LogP) is 3.81. The van der Waals surface area contributed by atoms with E-state index in [9.17, 15) is 29.3 Å². The van der Waals surface area contributed by atoms with Crippen LogP contribution in [0.3, 0.4) is 0 Å². The lowest BCUT2D eigenvalue weighted by atomic mass is 9.67. The molecule has 7 heteroatoms. The average Bonchev–Trinajstić information content (AvgIpc) is 3.01. The number of phenolic OH excluding ortho intramolecular Hbond substituents is 1. The van der Waals surface area contributed by atoms with Crippen LogP contribution in [0.4, 0.5) is 4.39 Å². The summed E-state index contributed by atoms with van der Waals surface area (Å²) in [5.41, 5.74) is 3.33. The predicted molar refractivity (Wildman–Crippen MR) is 123 cm³/mol. The van der Waals surface area contributed by atoms with Gasteiger partial charge in [-0.15, -0.1) is 0 Å². The molecule has 2 amide bonds. The summed E-state index contributed by atoms with van der Waals surface area (Å²) < 4.78 is 13.7. The van der Waals surface area contributed by atoms with E-state index in [1.165, 1.54) is 19.2 Å². The van der Waals surface area contributed by atoms with Crippen LogP contribution in [-0.4, -0.2) is 51.8 Å². The zero-order valence-corrected chi connectivity index (χ0v) is 19.6. The molecule has 180 valence electrons. The number of fused-ring (bicyclic) bond motifs is 1. The molecule has 2 aliphatic rings. The molecule has 1 aliphatic heterocycles. The third-order valence-electron chi connectivity index (χ3n) is 7.05. The monoisotopic (exact) mass is 459 g/mol. The molecule has 0 radical (unpaired) electrons. The molecule has 1 aromatic rings. The van der Waals surface area contributed by atoms with Gasteiger partial charge in [0.15, 0.2) is 11.6 Å². The van der Waals surface area contributed by atoms with E-state index < -0.39 is 35.4 Å². The Balaban J connectivity index is 1.84. The third kappa shape index (κ3) is 5.04. The van der Waals surface area contributed by atoms with Crippen LogP contribution < -0.4 is 0 Å². The number of nitrogens with zero attached hydrogens (tertiary/aromatic N) is 1. The van der Waals surface area contributed by atoms with Gasteiger partial charge >= 0.3 is 0 Å². The maximum absolute atomic E-state index is 13.7. The molecule has 33 heavy (non-hydrogen) atoms. The molecule has 3 N–H and O–H groups in total. The van der Waals surface area contributed by atoms with Crippen LogP contribution >= 0.6 is 0 Å². The van der Waals surface area contributed by atoms with Gasteiger partial charge in [0, 0.05) is 13.0 Å². The summed E-state index contributed by atoms with van der Waals surface area (Å²) in [6.45, 7) is 3.72. The van der Waals surface area contributed by atoms with Crippen LogP contribution in [0.2, 0.25) is 0 Å². The lowest BCUT2D eigenvalue weighted by Gasteiger charge is -2.36. The van der Waals surface area contributed by atoms with Gasteiger partial charge in [0.1, 0.15) is 0 Å². The number of likely N-dealkylation sites (tertiary alicyclic amines) is 1. The summed E-state index contributed by atoms with van der Waals surface area (Å²) >= 11 is 0. The minimum Gasteiger partial charge on any atom is -0.505 e. The van der Waals surface area contributed by atoms with Gasteiger partial charge in [-0.05, 0) is 55.4 Å². The number of aromatic hydroxyl groups is 1. The summed E-state index contributed by atoms with van der Waals surface area (Å²) in [7, 11) is 1.48. The van der Waals surface area contributed by atoms with Crippen molar-refractivity contribution in [1.29, 1.82) is 0 Å². The number of benzene rings is 1. The fourth-order valence-electron chi connectivity index (χ4n) is 5.33. The molecule has 1 fully saturated rings. The molecule has 0 unspecified atom stereocenters. The van der Waals surface area contributed by atoms with Crippen molar-refractivity contribution in [2.45, 2.75) is 58.5 Å². The largest absolute Gasteiger partial charge is 0.505 e. The Morgan fingerprint density at radius 3 is 2.61 bits per heavy atom. The van der Waals surface area contributed by atoms with Crippen molar-refractivity contribution in [2.24, 2.45) is 17.8 Å². The Hall–Kier alpha value is -2.51. The van der Waals surface area contributed by atoms with Crippen LogP contribution in [0.15, 0.2) is 34.9 Å². The van der Waals surface area contributed by atoms with Crippen LogP contribution in [0.5, 0.6) is 5.75 Å². The minimum absolute atomic E-state index is 0.206. The zero-order chi connectivity index (χ0) is 24.3. The smallest absolute Gasteiger partial charge is 0.233 e. The quantitative estimate of drug-likeness (QED) is 0.385. The number of carbonyl (C=O) groups excluding carboxylic acids is 2. The highest BCUT2D eigenvalue weighted by Gasteiger charge is 2.53. The van der Waals surface area contributed by atoms with Gasteiger partial charge in [-0.1, -0.05) is 43.6 Å². The number of halogens is 1. The SMILES string of the molecule is CCCC1=C([C@H](O)CC/C(=C/c2ccc(O)c(F)c2)CC)[C@H](CO)[C@@H]2C(=O)N(C)C(=O)[C@@H]2C1. The first-order valence-corrected chi connectivity index (χ1v) is 11.7. The van der Waals surface area contributed by atoms with Gasteiger partial charge in [0.25, 0.3) is 0 Å². The van der Waals surface area contributed by atoms with Crippen molar-refractivity contribution >= 4 is 17.9 Å². The van der Waals surface area contributed by atoms with Crippen molar-refractivity contribution in [3.05, 3.63) is 46.3 Å². The summed E-state index contributed by atoms with van der Waals surface area (Å²) in [4.78, 5) is 26.5. The summed E-state index contributed by atoms with van der Waals surface area (Å²) in [5.74, 6) is -3.23. The highest BCUT2D eigenvalue weighted by Crippen LogP contribution is 2.46. The van der Waals surface area contributed by atoms with Crippen molar-refractivity contribution < 1.29 is 29.3 Å². The van der Waals surface area contributed by atoms with Gasteiger partial charge in [0.2, 0.25) is 11.8 Å². The number of rotatable bonds is 9. The van der Waals surface area contributed by atoms with Gasteiger partial charge in [0.05, 0.1) is 24.5 Å².